The van der Waals surface area contributed by atoms with Gasteiger partial charge in [0.25, 0.3) is 0 Å². The molecule has 0 unspecified atom stereocenters. The second-order valence-corrected chi connectivity index (χ2v) is 4.55. The number of aliphatic carboxylic acids is 1. The van der Waals surface area contributed by atoms with Crippen LogP contribution in [0.2, 0.25) is 0 Å². The van der Waals surface area contributed by atoms with Gasteiger partial charge < -0.3 is 10.0 Å². The van der Waals surface area contributed by atoms with Gasteiger partial charge >= 0.3 is 5.97 Å². The number of carboxylic acid groups (broad SMARTS) is 1. The van der Waals surface area contributed by atoms with Crippen molar-refractivity contribution >= 4 is 11.9 Å². The fourth-order valence-electron chi connectivity index (χ4n) is 1.77. The van der Waals surface area contributed by atoms with E-state index in [4.69, 9.17) is 5.11 Å². The molecular formula is C11H22N2O3. The first kappa shape index (κ1) is 14.9. The molecule has 0 bridgehead atoms. The molecule has 0 heterocycles. The van der Waals surface area contributed by atoms with Crippen LogP contribution in [0.25, 0.3) is 0 Å². The summed E-state index contributed by atoms with van der Waals surface area (Å²) >= 11 is 0. The number of carbonyl (C=O) groups excluding carboxylic acids is 1. The van der Waals surface area contributed by atoms with Gasteiger partial charge in [-0.05, 0) is 34.7 Å². The molecule has 0 fully saturated rings. The van der Waals surface area contributed by atoms with Crippen LogP contribution in [0.4, 0.5) is 0 Å². The van der Waals surface area contributed by atoms with Crippen molar-refractivity contribution in [2.75, 3.05) is 20.1 Å². The van der Waals surface area contributed by atoms with E-state index >= 15 is 0 Å². The highest BCUT2D eigenvalue weighted by Gasteiger charge is 2.21. The Balaban J connectivity index is 4.36. The molecule has 0 spiro atoms. The lowest BCUT2D eigenvalue weighted by atomic mass is 10.2. The van der Waals surface area contributed by atoms with Gasteiger partial charge in [-0.2, -0.15) is 0 Å². The van der Waals surface area contributed by atoms with Crippen LogP contribution < -0.4 is 0 Å². The van der Waals surface area contributed by atoms with Gasteiger partial charge in [0, 0.05) is 12.1 Å². The molecular weight excluding hydrogens is 208 g/mol. The Bertz CT molecular complexity index is 244. The van der Waals surface area contributed by atoms with Crippen molar-refractivity contribution in [2.24, 2.45) is 0 Å². The summed E-state index contributed by atoms with van der Waals surface area (Å²) in [5.41, 5.74) is 0. The van der Waals surface area contributed by atoms with Gasteiger partial charge in [-0.1, -0.05) is 0 Å². The van der Waals surface area contributed by atoms with Crippen molar-refractivity contribution in [3.8, 4) is 0 Å². The number of likely N-dealkylation sites (N-methyl/N-ethyl adjacent to an activating group) is 1. The van der Waals surface area contributed by atoms with E-state index in [-0.39, 0.29) is 31.1 Å². The van der Waals surface area contributed by atoms with Gasteiger partial charge in [0.2, 0.25) is 5.91 Å². The number of amides is 1. The predicted molar refractivity (Wildman–Crippen MR) is 62.3 cm³/mol. The molecule has 0 saturated heterocycles. The molecule has 0 aromatic carbocycles. The number of hydrogen-bond acceptors (Lipinski definition) is 3. The molecule has 0 aliphatic carbocycles. The predicted octanol–water partition coefficient (Wildman–Crippen LogP) is 0.648. The van der Waals surface area contributed by atoms with Crippen LogP contribution >= 0.6 is 0 Å². The minimum atomic E-state index is -0.920. The third-order valence-corrected chi connectivity index (χ3v) is 2.21. The summed E-state index contributed by atoms with van der Waals surface area (Å²) in [5.74, 6) is -0.954. The van der Waals surface area contributed by atoms with E-state index in [0.29, 0.717) is 0 Å². The summed E-state index contributed by atoms with van der Waals surface area (Å²) in [4.78, 5) is 25.6. The van der Waals surface area contributed by atoms with Gasteiger partial charge in [-0.3, -0.25) is 14.5 Å². The zero-order chi connectivity index (χ0) is 12.9. The quantitative estimate of drug-likeness (QED) is 0.727. The number of carboxylic acids is 1. The first-order valence-corrected chi connectivity index (χ1v) is 5.47. The fraction of sp³-hybridized carbons (Fsp3) is 0.818. The number of carbonyl (C=O) groups is 2. The standard InChI is InChI=1S/C11H22N2O3/c1-8(2)13(9(3)4)10(14)6-12(5)7-11(15)16/h8-9H,6-7H2,1-5H3,(H,15,16). The van der Waals surface area contributed by atoms with Crippen molar-refractivity contribution < 1.29 is 14.7 Å². The normalized spacial score (nSPS) is 11.2. The van der Waals surface area contributed by atoms with Crippen molar-refractivity contribution in [1.29, 1.82) is 0 Å². The molecule has 16 heavy (non-hydrogen) atoms. The minimum Gasteiger partial charge on any atom is -0.480 e. The first-order valence-electron chi connectivity index (χ1n) is 5.47. The van der Waals surface area contributed by atoms with Gasteiger partial charge in [-0.25, -0.2) is 0 Å². The molecule has 1 N–H and O–H groups in total. The maximum absolute atomic E-state index is 11.9. The molecule has 0 aromatic rings. The van der Waals surface area contributed by atoms with E-state index in [1.54, 1.807) is 11.9 Å². The van der Waals surface area contributed by atoms with E-state index in [9.17, 15) is 9.59 Å². The van der Waals surface area contributed by atoms with E-state index in [2.05, 4.69) is 0 Å². The Labute approximate surface area is 97.0 Å². The zero-order valence-electron chi connectivity index (χ0n) is 10.7. The maximum Gasteiger partial charge on any atom is 0.317 e. The van der Waals surface area contributed by atoms with Crippen LogP contribution in [-0.4, -0.2) is 59.0 Å². The third-order valence-electron chi connectivity index (χ3n) is 2.21. The van der Waals surface area contributed by atoms with Crippen LogP contribution in [0.3, 0.4) is 0 Å². The molecule has 1 amide bonds. The summed E-state index contributed by atoms with van der Waals surface area (Å²) in [5, 5.41) is 8.59. The van der Waals surface area contributed by atoms with E-state index in [0.717, 1.165) is 0 Å². The topological polar surface area (TPSA) is 60.9 Å². The molecule has 0 aliphatic heterocycles. The van der Waals surface area contributed by atoms with Crippen LogP contribution in [0.15, 0.2) is 0 Å². The van der Waals surface area contributed by atoms with Crippen molar-refractivity contribution in [3.63, 3.8) is 0 Å². The second kappa shape index (κ2) is 6.48. The molecule has 0 rings (SSSR count). The van der Waals surface area contributed by atoms with E-state index in [1.165, 1.54) is 4.90 Å². The van der Waals surface area contributed by atoms with Crippen molar-refractivity contribution in [2.45, 2.75) is 39.8 Å². The fourth-order valence-corrected chi connectivity index (χ4v) is 1.77. The minimum absolute atomic E-state index is 0.0336. The summed E-state index contributed by atoms with van der Waals surface area (Å²) in [7, 11) is 1.63. The van der Waals surface area contributed by atoms with Crippen LogP contribution in [0, 0.1) is 0 Å². The van der Waals surface area contributed by atoms with Crippen molar-refractivity contribution in [3.05, 3.63) is 0 Å². The van der Waals surface area contributed by atoms with Crippen molar-refractivity contribution in [1.82, 2.24) is 9.80 Å². The molecule has 0 aromatic heterocycles. The SMILES string of the molecule is CC(C)N(C(=O)CN(C)CC(=O)O)C(C)C. The smallest absolute Gasteiger partial charge is 0.317 e. The Kier molecular flexibility index (Phi) is 6.03. The Morgan fingerprint density at radius 2 is 1.50 bits per heavy atom. The van der Waals surface area contributed by atoms with Gasteiger partial charge in [0.15, 0.2) is 0 Å². The maximum atomic E-state index is 11.9. The summed E-state index contributed by atoms with van der Waals surface area (Å²) in [6.07, 6.45) is 0. The number of nitrogens with zero attached hydrogens (tertiary/aromatic N) is 2. The summed E-state index contributed by atoms with van der Waals surface area (Å²) in [6, 6.07) is 0.261. The Hall–Kier alpha value is -1.10. The molecule has 0 atom stereocenters. The Morgan fingerprint density at radius 1 is 1.06 bits per heavy atom. The molecule has 94 valence electrons. The van der Waals surface area contributed by atoms with Gasteiger partial charge in [0.05, 0.1) is 13.1 Å². The largest absolute Gasteiger partial charge is 0.480 e. The lowest BCUT2D eigenvalue weighted by molar-refractivity contribution is -0.140. The highest BCUT2D eigenvalue weighted by atomic mass is 16.4. The highest BCUT2D eigenvalue weighted by Crippen LogP contribution is 2.05. The average Bonchev–Trinajstić information content (AvgIpc) is 1.98. The molecule has 0 aliphatic rings. The number of rotatable bonds is 6. The second-order valence-electron chi connectivity index (χ2n) is 4.55. The summed E-state index contributed by atoms with van der Waals surface area (Å²) < 4.78 is 0. The third kappa shape index (κ3) is 5.11. The van der Waals surface area contributed by atoms with E-state index in [1.807, 2.05) is 27.7 Å². The van der Waals surface area contributed by atoms with Gasteiger partial charge in [-0.15, -0.1) is 0 Å². The lowest BCUT2D eigenvalue weighted by Crippen LogP contribution is -2.47. The highest BCUT2D eigenvalue weighted by molar-refractivity contribution is 5.79. The van der Waals surface area contributed by atoms with E-state index < -0.39 is 5.97 Å². The molecule has 5 nitrogen and oxygen atoms in total. The Morgan fingerprint density at radius 3 is 1.81 bits per heavy atom. The molecule has 5 heteroatoms. The first-order chi connectivity index (χ1) is 7.25. The van der Waals surface area contributed by atoms with Crippen LogP contribution in [-0.2, 0) is 9.59 Å². The average molecular weight is 230 g/mol. The zero-order valence-corrected chi connectivity index (χ0v) is 10.7. The molecule has 0 radical (unpaired) electrons. The summed E-state index contributed by atoms with van der Waals surface area (Å²) in [6.45, 7) is 7.84. The molecule has 0 saturated carbocycles. The monoisotopic (exact) mass is 230 g/mol. The van der Waals surface area contributed by atoms with Gasteiger partial charge in [0.1, 0.15) is 0 Å². The van der Waals surface area contributed by atoms with Crippen LogP contribution in [0.5, 0.6) is 0 Å². The lowest BCUT2D eigenvalue weighted by Gasteiger charge is -2.32. The number of hydrogen-bond donors (Lipinski definition) is 1. The van der Waals surface area contributed by atoms with Crippen LogP contribution in [0.1, 0.15) is 27.7 Å².